The summed E-state index contributed by atoms with van der Waals surface area (Å²) >= 11 is 0. The number of non-ortho nitro benzene ring substituents is 1. The Kier molecular flexibility index (Phi) is 5.87. The van der Waals surface area contributed by atoms with Crippen molar-refractivity contribution in [2.24, 2.45) is 0 Å². The fraction of sp³-hybridized carbons (Fsp3) is 0.278. The van der Waals surface area contributed by atoms with Crippen LogP contribution in [0.2, 0.25) is 0 Å². The lowest BCUT2D eigenvalue weighted by atomic mass is 10.2. The molecule has 0 saturated heterocycles. The number of fused-ring (bicyclic) bond motifs is 1. The quantitative estimate of drug-likeness (QED) is 0.377. The van der Waals surface area contributed by atoms with E-state index >= 15 is 0 Å². The average molecular weight is 422 g/mol. The van der Waals surface area contributed by atoms with Gasteiger partial charge in [0.2, 0.25) is 0 Å². The van der Waals surface area contributed by atoms with Crippen LogP contribution in [0.5, 0.6) is 11.5 Å². The molecule has 1 aliphatic heterocycles. The van der Waals surface area contributed by atoms with Crippen LogP contribution in [-0.4, -0.2) is 45.7 Å². The van der Waals surface area contributed by atoms with Crippen LogP contribution < -0.4 is 13.8 Å². The summed E-state index contributed by atoms with van der Waals surface area (Å²) in [6, 6.07) is 8.88. The van der Waals surface area contributed by atoms with E-state index < -0.39 is 27.5 Å². The number of nitro benzene ring substituents is 1. The summed E-state index contributed by atoms with van der Waals surface area (Å²) in [6.07, 6.45) is 0. The number of hydrogen-bond donors (Lipinski definition) is 0. The lowest BCUT2D eigenvalue weighted by Gasteiger charge is -2.25. The molecule has 0 aliphatic carbocycles. The third-order valence-electron chi connectivity index (χ3n) is 4.03. The van der Waals surface area contributed by atoms with Gasteiger partial charge in [-0.3, -0.25) is 19.2 Å². The highest BCUT2D eigenvalue weighted by Crippen LogP contribution is 2.35. The van der Waals surface area contributed by atoms with Crippen molar-refractivity contribution < 1.29 is 32.3 Å². The molecule has 2 aromatic rings. The molecule has 29 heavy (non-hydrogen) atoms. The summed E-state index contributed by atoms with van der Waals surface area (Å²) in [6.45, 7) is 1.80. The van der Waals surface area contributed by atoms with Crippen LogP contribution >= 0.6 is 0 Å². The number of anilines is 1. The molecule has 0 N–H and O–H groups in total. The largest absolute Gasteiger partial charge is 0.486 e. The second-order valence-electron chi connectivity index (χ2n) is 5.90. The van der Waals surface area contributed by atoms with E-state index in [0.29, 0.717) is 24.7 Å². The number of nitrogens with zero attached hydrogens (tertiary/aromatic N) is 2. The molecule has 0 fully saturated rings. The van der Waals surface area contributed by atoms with Gasteiger partial charge in [-0.05, 0) is 31.2 Å². The number of carbonyl (C=O) groups is 1. The van der Waals surface area contributed by atoms with Gasteiger partial charge in [-0.1, -0.05) is 0 Å². The zero-order chi connectivity index (χ0) is 21.0. The Morgan fingerprint density at radius 1 is 1.14 bits per heavy atom. The van der Waals surface area contributed by atoms with Crippen molar-refractivity contribution >= 4 is 27.4 Å². The van der Waals surface area contributed by atoms with Crippen LogP contribution in [0.15, 0.2) is 47.4 Å². The second kappa shape index (κ2) is 8.35. The molecule has 0 aromatic heterocycles. The molecule has 0 saturated carbocycles. The standard InChI is InChI=1S/C18H18N2O8S/c1-2-26-18(21)12-19(14-5-8-16-17(11-14)28-10-9-27-16)29(24,25)15-6-3-13(4-7-15)20(22)23/h3-8,11H,2,9-10,12H2,1H3. The number of sulfonamides is 1. The van der Waals surface area contributed by atoms with E-state index in [4.69, 9.17) is 14.2 Å². The van der Waals surface area contributed by atoms with Crippen molar-refractivity contribution in [1.29, 1.82) is 0 Å². The molecule has 2 aromatic carbocycles. The highest BCUT2D eigenvalue weighted by Gasteiger charge is 2.29. The SMILES string of the molecule is CCOC(=O)CN(c1ccc2c(c1)OCCO2)S(=O)(=O)c1ccc([N+](=O)[O-])cc1. The summed E-state index contributed by atoms with van der Waals surface area (Å²) in [5.74, 6) is 0.0678. The van der Waals surface area contributed by atoms with Crippen LogP contribution in [0.3, 0.4) is 0 Å². The molecule has 0 atom stereocenters. The van der Waals surface area contributed by atoms with Gasteiger partial charge in [0, 0.05) is 18.2 Å². The van der Waals surface area contributed by atoms with E-state index in [0.717, 1.165) is 28.6 Å². The summed E-state index contributed by atoms with van der Waals surface area (Å²) in [5, 5.41) is 10.8. The lowest BCUT2D eigenvalue weighted by molar-refractivity contribution is -0.384. The topological polar surface area (TPSA) is 125 Å². The van der Waals surface area contributed by atoms with Gasteiger partial charge >= 0.3 is 5.97 Å². The first-order valence-electron chi connectivity index (χ1n) is 8.65. The minimum Gasteiger partial charge on any atom is -0.486 e. The number of ether oxygens (including phenoxy) is 3. The number of esters is 1. The maximum absolute atomic E-state index is 13.2. The Bertz CT molecular complexity index is 1020. The first-order chi connectivity index (χ1) is 13.8. The van der Waals surface area contributed by atoms with Gasteiger partial charge in [-0.25, -0.2) is 8.42 Å². The predicted molar refractivity (Wildman–Crippen MR) is 102 cm³/mol. The fourth-order valence-corrected chi connectivity index (χ4v) is 4.09. The van der Waals surface area contributed by atoms with E-state index in [1.54, 1.807) is 13.0 Å². The maximum atomic E-state index is 13.2. The van der Waals surface area contributed by atoms with Crippen molar-refractivity contribution in [3.05, 3.63) is 52.6 Å². The van der Waals surface area contributed by atoms with Gasteiger partial charge in [0.15, 0.2) is 11.5 Å². The van der Waals surface area contributed by atoms with Crippen LogP contribution in [0.4, 0.5) is 11.4 Å². The Morgan fingerprint density at radius 3 is 2.41 bits per heavy atom. The summed E-state index contributed by atoms with van der Waals surface area (Å²) in [7, 11) is -4.22. The van der Waals surface area contributed by atoms with Gasteiger partial charge in [0.05, 0.1) is 22.1 Å². The molecular weight excluding hydrogens is 404 g/mol. The molecule has 1 aliphatic rings. The number of rotatable bonds is 7. The molecule has 0 radical (unpaired) electrons. The second-order valence-corrected chi connectivity index (χ2v) is 7.76. The van der Waals surface area contributed by atoms with Crippen LogP contribution in [0.25, 0.3) is 0 Å². The predicted octanol–water partition coefficient (Wildman–Crippen LogP) is 2.12. The first kappa shape index (κ1) is 20.4. The smallest absolute Gasteiger partial charge is 0.326 e. The zero-order valence-electron chi connectivity index (χ0n) is 15.4. The van der Waals surface area contributed by atoms with Crippen LogP contribution in [-0.2, 0) is 19.6 Å². The molecule has 0 unspecified atom stereocenters. The number of carbonyl (C=O) groups excluding carboxylic acids is 1. The number of benzene rings is 2. The maximum Gasteiger partial charge on any atom is 0.326 e. The molecule has 3 rings (SSSR count). The van der Waals surface area contributed by atoms with Gasteiger partial charge in [-0.15, -0.1) is 0 Å². The van der Waals surface area contributed by atoms with Gasteiger partial charge in [0.1, 0.15) is 19.8 Å². The normalized spacial score (nSPS) is 12.9. The number of hydrogen-bond acceptors (Lipinski definition) is 8. The van der Waals surface area contributed by atoms with Crippen LogP contribution in [0, 0.1) is 10.1 Å². The van der Waals surface area contributed by atoms with Gasteiger partial charge in [-0.2, -0.15) is 0 Å². The third-order valence-corrected chi connectivity index (χ3v) is 5.82. The molecule has 11 heteroatoms. The molecular formula is C18H18N2O8S. The van der Waals surface area contributed by atoms with Crippen molar-refractivity contribution in [2.75, 3.05) is 30.7 Å². The Morgan fingerprint density at radius 2 is 1.79 bits per heavy atom. The molecule has 0 amide bonds. The monoisotopic (exact) mass is 422 g/mol. The molecule has 0 bridgehead atoms. The summed E-state index contributed by atoms with van der Waals surface area (Å²) in [4.78, 5) is 22.1. The highest BCUT2D eigenvalue weighted by molar-refractivity contribution is 7.92. The van der Waals surface area contributed by atoms with Crippen molar-refractivity contribution in [1.82, 2.24) is 0 Å². The Labute approximate surface area is 166 Å². The summed E-state index contributed by atoms with van der Waals surface area (Å²) in [5.41, 5.74) is -0.0825. The Balaban J connectivity index is 2.02. The molecule has 0 spiro atoms. The Hall–Kier alpha value is -3.34. The number of nitro groups is 1. The van der Waals surface area contributed by atoms with Crippen molar-refractivity contribution in [3.63, 3.8) is 0 Å². The summed E-state index contributed by atoms with van der Waals surface area (Å²) < 4.78 is 43.1. The van der Waals surface area contributed by atoms with E-state index in [2.05, 4.69) is 0 Å². The average Bonchev–Trinajstić information content (AvgIpc) is 2.72. The minimum absolute atomic E-state index is 0.0887. The zero-order valence-corrected chi connectivity index (χ0v) is 16.3. The minimum atomic E-state index is -4.22. The highest BCUT2D eigenvalue weighted by atomic mass is 32.2. The molecule has 154 valence electrons. The molecule has 10 nitrogen and oxygen atoms in total. The fourth-order valence-electron chi connectivity index (χ4n) is 2.69. The molecule has 1 heterocycles. The van der Waals surface area contributed by atoms with Crippen molar-refractivity contribution in [2.45, 2.75) is 11.8 Å². The van der Waals surface area contributed by atoms with Crippen molar-refractivity contribution in [3.8, 4) is 11.5 Å². The first-order valence-corrected chi connectivity index (χ1v) is 10.1. The third kappa shape index (κ3) is 4.40. The van der Waals surface area contributed by atoms with Gasteiger partial charge < -0.3 is 14.2 Å². The van der Waals surface area contributed by atoms with E-state index in [1.165, 1.54) is 12.1 Å². The van der Waals surface area contributed by atoms with E-state index in [-0.39, 0.29) is 22.9 Å². The van der Waals surface area contributed by atoms with E-state index in [9.17, 15) is 23.3 Å². The van der Waals surface area contributed by atoms with E-state index in [1.807, 2.05) is 0 Å². The van der Waals surface area contributed by atoms with Gasteiger partial charge in [0.25, 0.3) is 15.7 Å². The van der Waals surface area contributed by atoms with Crippen LogP contribution in [0.1, 0.15) is 6.92 Å². The lowest BCUT2D eigenvalue weighted by Crippen LogP contribution is -2.36.